The molecule has 2 rings (SSSR count). The fourth-order valence-corrected chi connectivity index (χ4v) is 4.10. The summed E-state index contributed by atoms with van der Waals surface area (Å²) in [6.07, 6.45) is 4.89. The molecule has 2 unspecified atom stereocenters. The summed E-state index contributed by atoms with van der Waals surface area (Å²) in [6.45, 7) is 2.12. The number of carbonyl (C=O) groups excluding carboxylic acids is 1. The maximum absolute atomic E-state index is 12.2. The van der Waals surface area contributed by atoms with Crippen LogP contribution in [0.1, 0.15) is 45.4 Å². The molecule has 0 heterocycles. The number of amides is 1. The summed E-state index contributed by atoms with van der Waals surface area (Å²) in [5.41, 5.74) is -0.705. The first kappa shape index (κ1) is 21.2. The normalized spacial score (nSPS) is 22.8. The van der Waals surface area contributed by atoms with Crippen LogP contribution in [0.5, 0.6) is 5.75 Å². The molecular formula is C19H27NO6S. The predicted molar refractivity (Wildman–Crippen MR) is 100 cm³/mol. The van der Waals surface area contributed by atoms with Gasteiger partial charge in [0, 0.05) is 12.7 Å². The summed E-state index contributed by atoms with van der Waals surface area (Å²) in [6, 6.07) is 6.12. The second kappa shape index (κ2) is 8.73. The maximum atomic E-state index is 12.2. The molecule has 2 atom stereocenters. The Kier molecular flexibility index (Phi) is 6.86. The van der Waals surface area contributed by atoms with Crippen molar-refractivity contribution in [2.24, 2.45) is 5.92 Å². The third kappa shape index (κ3) is 5.95. The third-order valence-corrected chi connectivity index (χ3v) is 6.13. The van der Waals surface area contributed by atoms with E-state index >= 15 is 0 Å². The van der Waals surface area contributed by atoms with Crippen LogP contribution in [0.4, 0.5) is 0 Å². The minimum atomic E-state index is -3.24. The van der Waals surface area contributed by atoms with Crippen LogP contribution in [0.25, 0.3) is 0 Å². The monoisotopic (exact) mass is 397 g/mol. The second-order valence-corrected chi connectivity index (χ2v) is 9.31. The van der Waals surface area contributed by atoms with E-state index in [1.54, 1.807) is 12.1 Å². The minimum Gasteiger partial charge on any atom is -0.494 e. The minimum absolute atomic E-state index is 0.179. The van der Waals surface area contributed by atoms with E-state index in [0.29, 0.717) is 31.6 Å². The predicted octanol–water partition coefficient (Wildman–Crippen LogP) is 2.40. The first-order chi connectivity index (χ1) is 12.6. The molecule has 1 aliphatic rings. The molecule has 0 radical (unpaired) electrons. The molecule has 0 bridgehead atoms. The Hall–Kier alpha value is -2.09. The summed E-state index contributed by atoms with van der Waals surface area (Å²) in [4.78, 5) is 23.9. The molecule has 1 aromatic rings. The lowest BCUT2D eigenvalue weighted by Gasteiger charge is -2.39. The van der Waals surface area contributed by atoms with Crippen LogP contribution in [0, 0.1) is 5.92 Å². The topological polar surface area (TPSA) is 110 Å². The smallest absolute Gasteiger partial charge is 0.308 e. The van der Waals surface area contributed by atoms with Crippen molar-refractivity contribution >= 4 is 21.7 Å². The molecule has 1 aromatic carbocycles. The number of carboxylic acids is 1. The van der Waals surface area contributed by atoms with Crippen LogP contribution in [0.3, 0.4) is 0 Å². The molecule has 1 fully saturated rings. The van der Waals surface area contributed by atoms with Gasteiger partial charge in [0.2, 0.25) is 5.91 Å². The van der Waals surface area contributed by atoms with Crippen LogP contribution < -0.4 is 10.1 Å². The zero-order valence-electron chi connectivity index (χ0n) is 15.7. The number of hydrogen-bond donors (Lipinski definition) is 2. The average molecular weight is 397 g/mol. The largest absolute Gasteiger partial charge is 0.494 e. The lowest BCUT2D eigenvalue weighted by Crippen LogP contribution is -2.55. The maximum Gasteiger partial charge on any atom is 0.308 e. The SMILES string of the molecule is CC1(NC(=O)CCCOc2ccc(S(C)(=O)=O)cc2)CCCCC1C(=O)O. The molecule has 0 aromatic heterocycles. The molecule has 150 valence electrons. The van der Waals surface area contributed by atoms with Crippen LogP contribution in [-0.4, -0.2) is 43.8 Å². The lowest BCUT2D eigenvalue weighted by atomic mass is 9.74. The number of sulfone groups is 1. The van der Waals surface area contributed by atoms with E-state index < -0.39 is 27.3 Å². The van der Waals surface area contributed by atoms with Gasteiger partial charge in [-0.15, -0.1) is 0 Å². The quantitative estimate of drug-likeness (QED) is 0.652. The highest BCUT2D eigenvalue weighted by atomic mass is 32.2. The van der Waals surface area contributed by atoms with Crippen molar-refractivity contribution in [1.82, 2.24) is 5.32 Å². The summed E-state index contributed by atoms with van der Waals surface area (Å²) in [5, 5.41) is 12.3. The van der Waals surface area contributed by atoms with Gasteiger partial charge in [0.05, 0.1) is 23.0 Å². The molecule has 2 N–H and O–H groups in total. The first-order valence-electron chi connectivity index (χ1n) is 9.08. The Morgan fingerprint density at radius 1 is 1.26 bits per heavy atom. The number of ether oxygens (including phenoxy) is 1. The van der Waals surface area contributed by atoms with Gasteiger partial charge < -0.3 is 15.2 Å². The molecule has 27 heavy (non-hydrogen) atoms. The summed E-state index contributed by atoms with van der Waals surface area (Å²) in [5.74, 6) is -1.06. The van der Waals surface area contributed by atoms with Crippen molar-refractivity contribution in [2.45, 2.75) is 55.9 Å². The Labute approximate surface area is 160 Å². The van der Waals surface area contributed by atoms with E-state index in [1.807, 2.05) is 6.92 Å². The Bertz CT molecular complexity index is 774. The fourth-order valence-electron chi connectivity index (χ4n) is 3.47. The molecule has 1 amide bonds. The van der Waals surface area contributed by atoms with Gasteiger partial charge in [0.1, 0.15) is 5.75 Å². The Balaban J connectivity index is 1.78. The first-order valence-corrected chi connectivity index (χ1v) is 11.0. The van der Waals surface area contributed by atoms with E-state index in [2.05, 4.69) is 5.32 Å². The number of rotatable bonds is 8. The van der Waals surface area contributed by atoms with E-state index in [1.165, 1.54) is 12.1 Å². The number of carbonyl (C=O) groups is 2. The Morgan fingerprint density at radius 2 is 1.93 bits per heavy atom. The lowest BCUT2D eigenvalue weighted by molar-refractivity contribution is -0.146. The zero-order chi connectivity index (χ0) is 20.1. The van der Waals surface area contributed by atoms with Crippen LogP contribution in [-0.2, 0) is 19.4 Å². The van der Waals surface area contributed by atoms with Crippen molar-refractivity contribution in [2.75, 3.05) is 12.9 Å². The van der Waals surface area contributed by atoms with Crippen molar-refractivity contribution in [3.8, 4) is 5.75 Å². The van der Waals surface area contributed by atoms with Gasteiger partial charge in [-0.25, -0.2) is 8.42 Å². The van der Waals surface area contributed by atoms with Gasteiger partial charge >= 0.3 is 5.97 Å². The summed E-state index contributed by atoms with van der Waals surface area (Å²) >= 11 is 0. The third-order valence-electron chi connectivity index (χ3n) is 5.00. The fraction of sp³-hybridized carbons (Fsp3) is 0.579. The van der Waals surface area contributed by atoms with Gasteiger partial charge in [-0.2, -0.15) is 0 Å². The molecule has 7 nitrogen and oxygen atoms in total. The van der Waals surface area contributed by atoms with Gasteiger partial charge in [-0.05, 0) is 50.5 Å². The van der Waals surface area contributed by atoms with E-state index in [4.69, 9.17) is 4.74 Å². The molecule has 0 spiro atoms. The number of nitrogens with one attached hydrogen (secondary N) is 1. The van der Waals surface area contributed by atoms with E-state index in [9.17, 15) is 23.1 Å². The average Bonchev–Trinajstić information content (AvgIpc) is 2.58. The molecular weight excluding hydrogens is 370 g/mol. The van der Waals surface area contributed by atoms with Crippen molar-refractivity contribution < 1.29 is 27.9 Å². The van der Waals surface area contributed by atoms with Crippen LogP contribution in [0.15, 0.2) is 29.2 Å². The van der Waals surface area contributed by atoms with Gasteiger partial charge in [0.15, 0.2) is 9.84 Å². The molecule has 0 aliphatic heterocycles. The Morgan fingerprint density at radius 3 is 2.52 bits per heavy atom. The van der Waals surface area contributed by atoms with Crippen molar-refractivity contribution in [3.05, 3.63) is 24.3 Å². The molecule has 8 heteroatoms. The van der Waals surface area contributed by atoms with Crippen LogP contribution >= 0.6 is 0 Å². The zero-order valence-corrected chi connectivity index (χ0v) is 16.5. The number of carboxylic acid groups (broad SMARTS) is 1. The summed E-state index contributed by atoms with van der Waals surface area (Å²) < 4.78 is 28.4. The molecule has 1 saturated carbocycles. The highest BCUT2D eigenvalue weighted by molar-refractivity contribution is 7.90. The van der Waals surface area contributed by atoms with Gasteiger partial charge in [0.25, 0.3) is 0 Å². The van der Waals surface area contributed by atoms with E-state index in [-0.39, 0.29) is 17.2 Å². The highest BCUT2D eigenvalue weighted by Crippen LogP contribution is 2.34. The van der Waals surface area contributed by atoms with Gasteiger partial charge in [-0.3, -0.25) is 9.59 Å². The standard InChI is InChI=1S/C19H27NO6S/c1-19(12-4-3-6-16(19)18(22)23)20-17(21)7-5-13-26-14-8-10-15(11-9-14)27(2,24)25/h8-11,16H,3-7,12-13H2,1-2H3,(H,20,21)(H,22,23). The number of benzene rings is 1. The second-order valence-electron chi connectivity index (χ2n) is 7.30. The van der Waals surface area contributed by atoms with Gasteiger partial charge in [-0.1, -0.05) is 12.8 Å². The number of hydrogen-bond acceptors (Lipinski definition) is 5. The highest BCUT2D eigenvalue weighted by Gasteiger charge is 2.41. The molecule has 1 aliphatic carbocycles. The molecule has 0 saturated heterocycles. The number of aliphatic carboxylic acids is 1. The summed E-state index contributed by atoms with van der Waals surface area (Å²) in [7, 11) is -3.24. The van der Waals surface area contributed by atoms with Crippen molar-refractivity contribution in [1.29, 1.82) is 0 Å². The van der Waals surface area contributed by atoms with Crippen molar-refractivity contribution in [3.63, 3.8) is 0 Å². The van der Waals surface area contributed by atoms with E-state index in [0.717, 1.165) is 19.1 Å². The van der Waals surface area contributed by atoms with Crippen LogP contribution in [0.2, 0.25) is 0 Å².